The summed E-state index contributed by atoms with van der Waals surface area (Å²) in [5.74, 6) is -0.997. The third-order valence-corrected chi connectivity index (χ3v) is 7.06. The van der Waals surface area contributed by atoms with E-state index in [9.17, 15) is 19.8 Å². The Bertz CT molecular complexity index is 1590. The lowest BCUT2D eigenvalue weighted by Gasteiger charge is -2.24. The van der Waals surface area contributed by atoms with Crippen LogP contribution in [0.2, 0.25) is 0 Å². The third-order valence-electron chi connectivity index (χ3n) is 6.33. The summed E-state index contributed by atoms with van der Waals surface area (Å²) in [5.41, 5.74) is 3.11. The van der Waals surface area contributed by atoms with Crippen LogP contribution in [0.25, 0.3) is 10.8 Å². The second-order valence-corrected chi connectivity index (χ2v) is 9.73. The van der Waals surface area contributed by atoms with E-state index in [1.807, 2.05) is 41.1 Å². The molecule has 7 nitrogen and oxygen atoms in total. The number of hydrogen-bond acceptors (Lipinski definition) is 6. The maximum Gasteiger partial charge on any atom is 0.262 e. The second-order valence-electron chi connectivity index (χ2n) is 8.95. The first-order chi connectivity index (χ1) is 18.4. The van der Waals surface area contributed by atoms with Gasteiger partial charge >= 0.3 is 0 Å². The van der Waals surface area contributed by atoms with E-state index < -0.39 is 5.91 Å². The summed E-state index contributed by atoms with van der Waals surface area (Å²) in [4.78, 5) is 34.0. The molecule has 0 fully saturated rings. The van der Waals surface area contributed by atoms with Gasteiger partial charge in [-0.3, -0.25) is 14.6 Å². The van der Waals surface area contributed by atoms with Crippen LogP contribution in [0.3, 0.4) is 0 Å². The molecule has 0 aliphatic rings. The number of aromatic hydroxyl groups is 2. The lowest BCUT2D eigenvalue weighted by molar-refractivity contribution is 0.0785. The van der Waals surface area contributed by atoms with Crippen LogP contribution in [0, 0.1) is 0 Å². The van der Waals surface area contributed by atoms with Crippen molar-refractivity contribution in [2.45, 2.75) is 13.1 Å². The number of hydrogen-bond donors (Lipinski definition) is 2. The molecule has 0 aliphatic heterocycles. The van der Waals surface area contributed by atoms with E-state index in [4.69, 9.17) is 0 Å². The maximum atomic E-state index is 13.4. The molecule has 0 bridgehead atoms. The van der Waals surface area contributed by atoms with Gasteiger partial charge in [0.1, 0.15) is 11.5 Å². The van der Waals surface area contributed by atoms with E-state index in [2.05, 4.69) is 4.98 Å². The largest absolute Gasteiger partial charge is 0.508 e. The fraction of sp³-hybridized carbons (Fsp3) is 0.100. The number of pyridine rings is 1. The predicted molar refractivity (Wildman–Crippen MR) is 149 cm³/mol. The van der Waals surface area contributed by atoms with Crippen molar-refractivity contribution in [2.24, 2.45) is 0 Å². The average Bonchev–Trinajstić information content (AvgIpc) is 3.45. The summed E-state index contributed by atoms with van der Waals surface area (Å²) in [5, 5.41) is 25.9. The number of phenolic OH excluding ortho intramolecular Hbond substituents is 2. The average molecular weight is 524 g/mol. The number of amides is 2. The normalized spacial score (nSPS) is 10.9. The molecule has 0 atom stereocenters. The number of nitrogens with zero attached hydrogens (tertiary/aromatic N) is 3. The van der Waals surface area contributed by atoms with Crippen LogP contribution >= 0.6 is 11.3 Å². The SMILES string of the molecule is CN(Cc1cccc2cnccc12)C(=O)c1ccc(N(Cc2ccsc2)C(=O)c2ccc(O)cc2O)cc1. The molecular weight excluding hydrogens is 498 g/mol. The quantitative estimate of drug-likeness (QED) is 0.280. The summed E-state index contributed by atoms with van der Waals surface area (Å²) in [7, 11) is 1.76. The zero-order valence-corrected chi connectivity index (χ0v) is 21.4. The molecule has 5 aromatic rings. The van der Waals surface area contributed by atoms with Crippen molar-refractivity contribution in [2.75, 3.05) is 11.9 Å². The predicted octanol–water partition coefficient (Wildman–Crippen LogP) is 5.83. The Morgan fingerprint density at radius 3 is 2.47 bits per heavy atom. The van der Waals surface area contributed by atoms with Gasteiger partial charge in [-0.25, -0.2) is 0 Å². The van der Waals surface area contributed by atoms with E-state index in [0.717, 1.165) is 28.0 Å². The van der Waals surface area contributed by atoms with E-state index in [1.54, 1.807) is 48.6 Å². The molecule has 2 heterocycles. The molecule has 0 spiro atoms. The number of benzene rings is 3. The lowest BCUT2D eigenvalue weighted by Crippen LogP contribution is -2.30. The van der Waals surface area contributed by atoms with Gasteiger partial charge in [-0.1, -0.05) is 18.2 Å². The van der Waals surface area contributed by atoms with Gasteiger partial charge in [0.25, 0.3) is 11.8 Å². The number of rotatable bonds is 7. The van der Waals surface area contributed by atoms with Gasteiger partial charge in [-0.15, -0.1) is 0 Å². The number of phenols is 2. The molecule has 2 aromatic heterocycles. The minimum absolute atomic E-state index is 0.0724. The molecule has 0 saturated carbocycles. The molecule has 2 N–H and O–H groups in total. The fourth-order valence-corrected chi connectivity index (χ4v) is 5.01. The van der Waals surface area contributed by atoms with E-state index in [1.165, 1.54) is 28.4 Å². The highest BCUT2D eigenvalue weighted by molar-refractivity contribution is 7.07. The third kappa shape index (κ3) is 5.21. The second kappa shape index (κ2) is 10.7. The molecule has 0 aliphatic carbocycles. The first-order valence-corrected chi connectivity index (χ1v) is 12.9. The van der Waals surface area contributed by atoms with Crippen molar-refractivity contribution >= 4 is 39.6 Å². The number of anilines is 1. The Morgan fingerprint density at radius 1 is 0.921 bits per heavy atom. The van der Waals surface area contributed by atoms with E-state index >= 15 is 0 Å². The van der Waals surface area contributed by atoms with Gasteiger partial charge < -0.3 is 20.0 Å². The van der Waals surface area contributed by atoms with Crippen molar-refractivity contribution in [1.29, 1.82) is 0 Å². The van der Waals surface area contributed by atoms with Crippen LogP contribution in [0.1, 0.15) is 31.8 Å². The summed E-state index contributed by atoms with van der Waals surface area (Å²) in [6, 6.07) is 20.6. The van der Waals surface area contributed by atoms with E-state index in [-0.39, 0.29) is 29.5 Å². The van der Waals surface area contributed by atoms with Gasteiger partial charge in [0, 0.05) is 48.7 Å². The molecule has 0 radical (unpaired) electrons. The highest BCUT2D eigenvalue weighted by Gasteiger charge is 2.22. The van der Waals surface area contributed by atoms with Crippen LogP contribution in [0.4, 0.5) is 5.69 Å². The summed E-state index contributed by atoms with van der Waals surface area (Å²) >= 11 is 1.53. The minimum atomic E-state index is -0.421. The minimum Gasteiger partial charge on any atom is -0.508 e. The molecular formula is C30H25N3O4S. The maximum absolute atomic E-state index is 13.4. The van der Waals surface area contributed by atoms with Crippen LogP contribution in [-0.2, 0) is 13.1 Å². The molecule has 38 heavy (non-hydrogen) atoms. The highest BCUT2D eigenvalue weighted by Crippen LogP contribution is 2.28. The van der Waals surface area contributed by atoms with Gasteiger partial charge in [-0.05, 0) is 75.8 Å². The van der Waals surface area contributed by atoms with Crippen LogP contribution in [-0.4, -0.2) is 39.0 Å². The molecule has 0 unspecified atom stereocenters. The first kappa shape index (κ1) is 25.0. The topological polar surface area (TPSA) is 94.0 Å². The first-order valence-electron chi connectivity index (χ1n) is 11.9. The number of thiophene rings is 1. The Hall–Kier alpha value is -4.69. The fourth-order valence-electron chi connectivity index (χ4n) is 4.35. The van der Waals surface area contributed by atoms with Crippen molar-refractivity contribution in [1.82, 2.24) is 9.88 Å². The zero-order chi connectivity index (χ0) is 26.6. The van der Waals surface area contributed by atoms with Crippen molar-refractivity contribution in [3.63, 3.8) is 0 Å². The van der Waals surface area contributed by atoms with Crippen molar-refractivity contribution in [3.8, 4) is 11.5 Å². The van der Waals surface area contributed by atoms with Gasteiger partial charge in [0.05, 0.1) is 12.1 Å². The smallest absolute Gasteiger partial charge is 0.262 e. The standard InChI is InChI=1S/C30H25N3O4S/c1-32(18-23-4-2-3-22-16-31-13-11-26(22)23)29(36)21-5-7-24(8-6-21)33(17-20-12-14-38-19-20)30(37)27-10-9-25(34)15-28(27)35/h2-16,19,34-35H,17-18H2,1H3. The van der Waals surface area contributed by atoms with Crippen molar-refractivity contribution < 1.29 is 19.8 Å². The Balaban J connectivity index is 1.38. The Kier molecular flexibility index (Phi) is 7.06. The number of carbonyl (C=O) groups is 2. The van der Waals surface area contributed by atoms with Crippen LogP contribution in [0.15, 0.2) is 96.0 Å². The molecule has 2 amide bonds. The van der Waals surface area contributed by atoms with Crippen LogP contribution in [0.5, 0.6) is 11.5 Å². The lowest BCUT2D eigenvalue weighted by atomic mass is 10.1. The van der Waals surface area contributed by atoms with E-state index in [0.29, 0.717) is 17.8 Å². The Labute approximate surface area is 223 Å². The highest BCUT2D eigenvalue weighted by atomic mass is 32.1. The van der Waals surface area contributed by atoms with Crippen LogP contribution < -0.4 is 4.90 Å². The summed E-state index contributed by atoms with van der Waals surface area (Å²) < 4.78 is 0. The van der Waals surface area contributed by atoms with Crippen molar-refractivity contribution in [3.05, 3.63) is 118 Å². The molecule has 190 valence electrons. The number of aromatic nitrogens is 1. The molecule has 0 saturated heterocycles. The summed E-state index contributed by atoms with van der Waals surface area (Å²) in [6.07, 6.45) is 3.55. The number of fused-ring (bicyclic) bond motifs is 1. The molecule has 8 heteroatoms. The Morgan fingerprint density at radius 2 is 1.74 bits per heavy atom. The van der Waals surface area contributed by atoms with Gasteiger partial charge in [-0.2, -0.15) is 11.3 Å². The van der Waals surface area contributed by atoms with Gasteiger partial charge in [0.15, 0.2) is 0 Å². The monoisotopic (exact) mass is 523 g/mol. The molecule has 5 rings (SSSR count). The van der Waals surface area contributed by atoms with Gasteiger partial charge in [0.2, 0.25) is 0 Å². The summed E-state index contributed by atoms with van der Waals surface area (Å²) in [6.45, 7) is 0.719. The molecule has 3 aromatic carbocycles. The number of carbonyl (C=O) groups excluding carboxylic acids is 2. The zero-order valence-electron chi connectivity index (χ0n) is 20.6.